The lowest BCUT2D eigenvalue weighted by atomic mass is 9.79. The Morgan fingerprint density at radius 1 is 1.10 bits per heavy atom. The second kappa shape index (κ2) is 6.55. The summed E-state index contributed by atoms with van der Waals surface area (Å²) in [6.45, 7) is 12.7. The van der Waals surface area contributed by atoms with Crippen LogP contribution in [-0.2, 0) is 4.74 Å². The fourth-order valence-corrected chi connectivity index (χ4v) is 4.39. The summed E-state index contributed by atoms with van der Waals surface area (Å²) in [5, 5.41) is 10.4. The number of β-amino-alcohol motifs (C(OH)–C–C–N with tert-alkyl or cyclic N) is 1. The standard InChI is InChI=1S/C18H35NO2/c1-14-8-6-9-16(14)21-13-15(20)12-19-17(2,3)10-7-11-18(19,4)5/h14-16,20H,6-13H2,1-5H3/t14-,15+,16+/m1/s1. The Bertz CT molecular complexity index is 324. The molecule has 3 atom stereocenters. The van der Waals surface area contributed by atoms with Gasteiger partial charge in [0.1, 0.15) is 0 Å². The highest BCUT2D eigenvalue weighted by molar-refractivity contribution is 4.97. The highest BCUT2D eigenvalue weighted by atomic mass is 16.5. The van der Waals surface area contributed by atoms with Crippen molar-refractivity contribution in [2.24, 2.45) is 5.92 Å². The molecule has 0 spiro atoms. The van der Waals surface area contributed by atoms with Crippen molar-refractivity contribution in [2.45, 2.75) is 96.4 Å². The van der Waals surface area contributed by atoms with Crippen LogP contribution in [0.5, 0.6) is 0 Å². The van der Waals surface area contributed by atoms with Crippen LogP contribution in [0, 0.1) is 5.92 Å². The van der Waals surface area contributed by atoms with Crippen molar-refractivity contribution in [3.05, 3.63) is 0 Å². The van der Waals surface area contributed by atoms with Gasteiger partial charge in [-0.3, -0.25) is 4.90 Å². The van der Waals surface area contributed by atoms with E-state index in [4.69, 9.17) is 4.74 Å². The summed E-state index contributed by atoms with van der Waals surface area (Å²) < 4.78 is 5.98. The van der Waals surface area contributed by atoms with Crippen molar-refractivity contribution in [1.29, 1.82) is 0 Å². The van der Waals surface area contributed by atoms with Crippen LogP contribution < -0.4 is 0 Å². The van der Waals surface area contributed by atoms with Crippen LogP contribution in [0.25, 0.3) is 0 Å². The predicted molar refractivity (Wildman–Crippen MR) is 87.5 cm³/mol. The minimum Gasteiger partial charge on any atom is -0.389 e. The van der Waals surface area contributed by atoms with E-state index in [0.29, 0.717) is 18.6 Å². The molecule has 1 saturated heterocycles. The molecular formula is C18H35NO2. The summed E-state index contributed by atoms with van der Waals surface area (Å²) in [5.74, 6) is 0.653. The number of nitrogens with zero attached hydrogens (tertiary/aromatic N) is 1. The summed E-state index contributed by atoms with van der Waals surface area (Å²) in [5.41, 5.74) is 0.340. The minimum atomic E-state index is -0.380. The summed E-state index contributed by atoms with van der Waals surface area (Å²) in [7, 11) is 0. The molecule has 1 saturated carbocycles. The quantitative estimate of drug-likeness (QED) is 0.841. The normalized spacial score (nSPS) is 34.0. The van der Waals surface area contributed by atoms with E-state index >= 15 is 0 Å². The monoisotopic (exact) mass is 297 g/mol. The molecule has 2 fully saturated rings. The first kappa shape index (κ1) is 17.2. The van der Waals surface area contributed by atoms with Crippen molar-refractivity contribution < 1.29 is 9.84 Å². The zero-order chi connectivity index (χ0) is 15.7. The van der Waals surface area contributed by atoms with Crippen LogP contribution in [-0.4, -0.2) is 46.4 Å². The zero-order valence-corrected chi connectivity index (χ0v) is 14.7. The average Bonchev–Trinajstić information content (AvgIpc) is 2.77. The highest BCUT2D eigenvalue weighted by Gasteiger charge is 2.41. The SMILES string of the molecule is C[C@@H]1CCC[C@@H]1OC[C@@H](O)CN1C(C)(C)CCCC1(C)C. The first-order valence-electron chi connectivity index (χ1n) is 8.80. The lowest BCUT2D eigenvalue weighted by molar-refractivity contribution is -0.0819. The molecule has 21 heavy (non-hydrogen) atoms. The summed E-state index contributed by atoms with van der Waals surface area (Å²) >= 11 is 0. The number of aliphatic hydroxyl groups is 1. The first-order valence-corrected chi connectivity index (χ1v) is 8.80. The van der Waals surface area contributed by atoms with Gasteiger partial charge in [-0.15, -0.1) is 0 Å². The van der Waals surface area contributed by atoms with Crippen molar-refractivity contribution in [3.63, 3.8) is 0 Å². The molecule has 0 aromatic heterocycles. The topological polar surface area (TPSA) is 32.7 Å². The molecule has 0 aromatic rings. The van der Waals surface area contributed by atoms with Gasteiger partial charge in [-0.25, -0.2) is 0 Å². The molecule has 1 heterocycles. The second-order valence-corrected chi connectivity index (χ2v) is 8.52. The molecule has 1 aliphatic carbocycles. The van der Waals surface area contributed by atoms with Crippen LogP contribution in [0.2, 0.25) is 0 Å². The molecule has 2 aliphatic rings. The van der Waals surface area contributed by atoms with Crippen molar-refractivity contribution >= 4 is 0 Å². The van der Waals surface area contributed by atoms with Gasteiger partial charge in [0.05, 0.1) is 18.8 Å². The number of likely N-dealkylation sites (tertiary alicyclic amines) is 1. The molecule has 1 N–H and O–H groups in total. The van der Waals surface area contributed by atoms with Crippen molar-refractivity contribution in [2.75, 3.05) is 13.2 Å². The van der Waals surface area contributed by atoms with Crippen molar-refractivity contribution in [1.82, 2.24) is 4.90 Å². The molecule has 0 amide bonds. The number of hydrogen-bond acceptors (Lipinski definition) is 3. The van der Waals surface area contributed by atoms with Crippen LogP contribution in [0.4, 0.5) is 0 Å². The van der Waals surface area contributed by atoms with Gasteiger partial charge in [-0.1, -0.05) is 13.3 Å². The van der Waals surface area contributed by atoms with Gasteiger partial charge in [-0.05, 0) is 65.7 Å². The van der Waals surface area contributed by atoms with Gasteiger partial charge < -0.3 is 9.84 Å². The Labute approximate surface area is 131 Å². The molecule has 0 aromatic carbocycles. The molecule has 0 radical (unpaired) electrons. The van der Waals surface area contributed by atoms with Gasteiger partial charge >= 0.3 is 0 Å². The molecule has 0 unspecified atom stereocenters. The Morgan fingerprint density at radius 2 is 1.71 bits per heavy atom. The Kier molecular flexibility index (Phi) is 5.38. The van der Waals surface area contributed by atoms with E-state index in [0.717, 1.165) is 13.0 Å². The van der Waals surface area contributed by atoms with E-state index in [2.05, 4.69) is 39.5 Å². The van der Waals surface area contributed by atoms with Crippen LogP contribution in [0.1, 0.15) is 73.1 Å². The molecule has 0 bridgehead atoms. The third kappa shape index (κ3) is 4.20. The van der Waals surface area contributed by atoms with Gasteiger partial charge in [0, 0.05) is 17.6 Å². The number of aliphatic hydroxyl groups excluding tert-OH is 1. The molecule has 2 rings (SSSR count). The number of piperidine rings is 1. The van der Waals surface area contributed by atoms with E-state index < -0.39 is 0 Å². The van der Waals surface area contributed by atoms with Crippen LogP contribution >= 0.6 is 0 Å². The van der Waals surface area contributed by atoms with Gasteiger partial charge in [0.25, 0.3) is 0 Å². The van der Waals surface area contributed by atoms with E-state index in [1.165, 1.54) is 32.1 Å². The Hall–Kier alpha value is -0.120. The third-order valence-corrected chi connectivity index (χ3v) is 5.72. The van der Waals surface area contributed by atoms with E-state index in [1.54, 1.807) is 0 Å². The fraction of sp³-hybridized carbons (Fsp3) is 1.00. The van der Waals surface area contributed by atoms with Crippen molar-refractivity contribution in [3.8, 4) is 0 Å². The largest absolute Gasteiger partial charge is 0.389 e. The smallest absolute Gasteiger partial charge is 0.0900 e. The maximum absolute atomic E-state index is 10.4. The van der Waals surface area contributed by atoms with Gasteiger partial charge in [-0.2, -0.15) is 0 Å². The van der Waals surface area contributed by atoms with Gasteiger partial charge in [0.15, 0.2) is 0 Å². The van der Waals surface area contributed by atoms with Gasteiger partial charge in [0.2, 0.25) is 0 Å². The van der Waals surface area contributed by atoms with E-state index in [-0.39, 0.29) is 17.2 Å². The van der Waals surface area contributed by atoms with Crippen LogP contribution in [0.3, 0.4) is 0 Å². The summed E-state index contributed by atoms with van der Waals surface area (Å²) in [6.07, 6.45) is 7.39. The second-order valence-electron chi connectivity index (χ2n) is 8.52. The fourth-order valence-electron chi connectivity index (χ4n) is 4.39. The summed E-state index contributed by atoms with van der Waals surface area (Å²) in [4.78, 5) is 2.50. The lowest BCUT2D eigenvalue weighted by Crippen LogP contribution is -2.60. The average molecular weight is 297 g/mol. The Morgan fingerprint density at radius 3 is 2.24 bits per heavy atom. The molecule has 3 nitrogen and oxygen atoms in total. The highest BCUT2D eigenvalue weighted by Crippen LogP contribution is 2.38. The third-order valence-electron chi connectivity index (χ3n) is 5.72. The number of hydrogen-bond donors (Lipinski definition) is 1. The molecule has 124 valence electrons. The summed E-state index contributed by atoms with van der Waals surface area (Å²) in [6, 6.07) is 0. The van der Waals surface area contributed by atoms with E-state index in [1.807, 2.05) is 0 Å². The maximum atomic E-state index is 10.4. The number of rotatable bonds is 5. The molecular weight excluding hydrogens is 262 g/mol. The Balaban J connectivity index is 1.86. The predicted octanol–water partition coefficient (Wildman–Crippen LogP) is 3.60. The van der Waals surface area contributed by atoms with E-state index in [9.17, 15) is 5.11 Å². The number of ether oxygens (including phenoxy) is 1. The molecule has 1 aliphatic heterocycles. The van der Waals surface area contributed by atoms with Crippen LogP contribution in [0.15, 0.2) is 0 Å². The lowest BCUT2D eigenvalue weighted by Gasteiger charge is -2.53. The minimum absolute atomic E-state index is 0.170. The molecule has 3 heteroatoms. The maximum Gasteiger partial charge on any atom is 0.0900 e. The first-order chi connectivity index (χ1) is 9.72. The zero-order valence-electron chi connectivity index (χ0n) is 14.7.